The topological polar surface area (TPSA) is 63.2 Å². The number of rotatable bonds is 12. The van der Waals surface area contributed by atoms with Crippen LogP contribution in [0, 0.1) is 0 Å². The van der Waals surface area contributed by atoms with Crippen LogP contribution in [0.5, 0.6) is 0 Å². The van der Waals surface area contributed by atoms with Gasteiger partial charge in [0.1, 0.15) is 0 Å². The van der Waals surface area contributed by atoms with E-state index in [1.54, 1.807) is 6.92 Å². The van der Waals surface area contributed by atoms with E-state index in [9.17, 15) is 14.4 Å². The zero-order valence-corrected chi connectivity index (χ0v) is 14.8. The molecule has 1 aliphatic rings. The monoisotopic (exact) mass is 337 g/mol. The van der Waals surface area contributed by atoms with Crippen molar-refractivity contribution in [2.24, 2.45) is 0 Å². The molecule has 1 fully saturated rings. The van der Waals surface area contributed by atoms with Crippen LogP contribution in [-0.4, -0.2) is 16.9 Å². The Morgan fingerprint density at radius 2 is 1.61 bits per heavy atom. The number of carbonyl (C=O) groups is 3. The zero-order valence-electron chi connectivity index (χ0n) is 14.0. The molecule has 1 heterocycles. The van der Waals surface area contributed by atoms with Gasteiger partial charge in [0.15, 0.2) is 5.78 Å². The molecule has 4 nitrogen and oxygen atoms in total. The van der Waals surface area contributed by atoms with E-state index in [1.165, 1.54) is 25.7 Å². The van der Waals surface area contributed by atoms with E-state index in [2.05, 4.69) is 11.9 Å². The van der Waals surface area contributed by atoms with Crippen molar-refractivity contribution in [3.8, 4) is 0 Å². The highest BCUT2D eigenvalue weighted by Gasteiger charge is 2.24. The maximum absolute atomic E-state index is 11.4. The lowest BCUT2D eigenvalue weighted by molar-refractivity contribution is -0.116. The van der Waals surface area contributed by atoms with Gasteiger partial charge in [-0.15, -0.1) is 0 Å². The SMILES string of the molecule is C=C(C)C(=O)CCCCCCCCCC/C=C1\SC(=O)NC1=O. The van der Waals surface area contributed by atoms with Gasteiger partial charge < -0.3 is 0 Å². The number of hydrogen-bond donors (Lipinski definition) is 1. The quantitative estimate of drug-likeness (QED) is 0.406. The lowest BCUT2D eigenvalue weighted by Crippen LogP contribution is -2.17. The Labute approximate surface area is 143 Å². The van der Waals surface area contributed by atoms with Gasteiger partial charge in [0.2, 0.25) is 0 Å². The van der Waals surface area contributed by atoms with Crippen LogP contribution in [0.1, 0.15) is 71.1 Å². The Morgan fingerprint density at radius 3 is 2.13 bits per heavy atom. The van der Waals surface area contributed by atoms with Crippen LogP contribution in [0.3, 0.4) is 0 Å². The molecule has 0 bridgehead atoms. The molecule has 0 aromatic rings. The molecule has 0 aromatic heterocycles. The predicted molar refractivity (Wildman–Crippen MR) is 95.2 cm³/mol. The van der Waals surface area contributed by atoms with Crippen molar-refractivity contribution in [1.29, 1.82) is 0 Å². The first-order chi connectivity index (χ1) is 11.0. The molecule has 2 amide bonds. The standard InChI is InChI=1S/C18H27NO3S/c1-14(2)15(20)12-10-8-6-4-3-5-7-9-11-13-16-17(21)19-18(22)23-16/h13H,1,3-12H2,2H3,(H,19,21,22)/b16-13-. The van der Waals surface area contributed by atoms with Crippen molar-refractivity contribution in [1.82, 2.24) is 5.32 Å². The van der Waals surface area contributed by atoms with Crippen LogP contribution in [0.2, 0.25) is 0 Å². The summed E-state index contributed by atoms with van der Waals surface area (Å²) in [6.07, 6.45) is 12.5. The number of nitrogens with one attached hydrogen (secondary N) is 1. The number of allylic oxidation sites excluding steroid dienone is 2. The highest BCUT2D eigenvalue weighted by molar-refractivity contribution is 8.18. The molecule has 5 heteroatoms. The van der Waals surface area contributed by atoms with Crippen molar-refractivity contribution >= 4 is 28.7 Å². The van der Waals surface area contributed by atoms with Gasteiger partial charge in [0.05, 0.1) is 4.91 Å². The van der Waals surface area contributed by atoms with Gasteiger partial charge in [-0.25, -0.2) is 0 Å². The summed E-state index contributed by atoms with van der Waals surface area (Å²) in [6.45, 7) is 5.43. The summed E-state index contributed by atoms with van der Waals surface area (Å²) in [6, 6.07) is 0. The summed E-state index contributed by atoms with van der Waals surface area (Å²) < 4.78 is 0. The Kier molecular flexibility index (Phi) is 9.60. The highest BCUT2D eigenvalue weighted by atomic mass is 32.2. The number of carbonyl (C=O) groups excluding carboxylic acids is 3. The molecule has 23 heavy (non-hydrogen) atoms. The molecule has 0 aliphatic carbocycles. The molecule has 1 rings (SSSR count). The number of imide groups is 1. The number of hydrogen-bond acceptors (Lipinski definition) is 4. The Balaban J connectivity index is 1.89. The average molecular weight is 337 g/mol. The average Bonchev–Trinajstić information content (AvgIpc) is 2.82. The van der Waals surface area contributed by atoms with Crippen molar-refractivity contribution < 1.29 is 14.4 Å². The molecule has 0 aromatic carbocycles. The van der Waals surface area contributed by atoms with E-state index in [0.717, 1.165) is 43.9 Å². The molecule has 0 unspecified atom stereocenters. The summed E-state index contributed by atoms with van der Waals surface area (Å²) in [5.41, 5.74) is 0.665. The second-order valence-corrected chi connectivity index (χ2v) is 7.00. The summed E-state index contributed by atoms with van der Waals surface area (Å²) in [7, 11) is 0. The molecule has 1 N–H and O–H groups in total. The van der Waals surface area contributed by atoms with Crippen LogP contribution in [0.15, 0.2) is 23.1 Å². The van der Waals surface area contributed by atoms with Gasteiger partial charge in [-0.1, -0.05) is 51.2 Å². The second-order valence-electron chi connectivity index (χ2n) is 5.98. The van der Waals surface area contributed by atoms with Crippen LogP contribution in [0.25, 0.3) is 0 Å². The van der Waals surface area contributed by atoms with Gasteiger partial charge in [0, 0.05) is 6.42 Å². The molecular formula is C18H27NO3S. The number of Topliss-reactive ketones (excluding diaryl/α,β-unsaturated/α-hetero) is 1. The lowest BCUT2D eigenvalue weighted by atomic mass is 10.0. The third kappa shape index (κ3) is 8.74. The van der Waals surface area contributed by atoms with Crippen molar-refractivity contribution in [3.05, 3.63) is 23.1 Å². The molecule has 1 aliphatic heterocycles. The first-order valence-corrected chi connectivity index (χ1v) is 9.24. The number of unbranched alkanes of at least 4 members (excludes halogenated alkanes) is 8. The van der Waals surface area contributed by atoms with Crippen LogP contribution in [0.4, 0.5) is 4.79 Å². The molecule has 0 saturated carbocycles. The van der Waals surface area contributed by atoms with Gasteiger partial charge in [-0.2, -0.15) is 0 Å². The third-order valence-electron chi connectivity index (χ3n) is 3.81. The Bertz CT molecular complexity index is 483. The molecule has 0 radical (unpaired) electrons. The summed E-state index contributed by atoms with van der Waals surface area (Å²) >= 11 is 0.989. The van der Waals surface area contributed by atoms with E-state index >= 15 is 0 Å². The van der Waals surface area contributed by atoms with Crippen molar-refractivity contribution in [2.75, 3.05) is 0 Å². The van der Waals surface area contributed by atoms with E-state index in [0.29, 0.717) is 16.9 Å². The van der Waals surface area contributed by atoms with Crippen LogP contribution in [-0.2, 0) is 9.59 Å². The largest absolute Gasteiger partial charge is 0.295 e. The van der Waals surface area contributed by atoms with Gasteiger partial charge in [0.25, 0.3) is 11.1 Å². The van der Waals surface area contributed by atoms with E-state index in [-0.39, 0.29) is 16.9 Å². The minimum absolute atomic E-state index is 0.190. The van der Waals surface area contributed by atoms with Gasteiger partial charge in [-0.3, -0.25) is 19.7 Å². The smallest absolute Gasteiger partial charge is 0.290 e. The van der Waals surface area contributed by atoms with Gasteiger partial charge >= 0.3 is 0 Å². The fraction of sp³-hybridized carbons (Fsp3) is 0.611. The molecule has 0 spiro atoms. The third-order valence-corrected chi connectivity index (χ3v) is 4.67. The number of amides is 2. The fourth-order valence-corrected chi connectivity index (χ4v) is 3.09. The van der Waals surface area contributed by atoms with E-state index in [4.69, 9.17) is 0 Å². The van der Waals surface area contributed by atoms with Crippen molar-refractivity contribution in [2.45, 2.75) is 71.1 Å². The first-order valence-electron chi connectivity index (χ1n) is 8.42. The zero-order chi connectivity index (χ0) is 17.1. The molecule has 128 valence electrons. The Morgan fingerprint density at radius 1 is 1.04 bits per heavy atom. The van der Waals surface area contributed by atoms with E-state index < -0.39 is 0 Å². The van der Waals surface area contributed by atoms with Gasteiger partial charge in [-0.05, 0) is 43.5 Å². The molecular weight excluding hydrogens is 310 g/mol. The normalized spacial score (nSPS) is 16.0. The minimum Gasteiger partial charge on any atom is -0.295 e. The number of ketones is 1. The van der Waals surface area contributed by atoms with E-state index in [1.807, 2.05) is 6.08 Å². The number of thioether (sulfide) groups is 1. The summed E-state index contributed by atoms with van der Waals surface area (Å²) in [5.74, 6) is -0.0694. The van der Waals surface area contributed by atoms with Crippen LogP contribution < -0.4 is 5.32 Å². The second kappa shape index (κ2) is 11.2. The minimum atomic E-state index is -0.272. The Hall–Kier alpha value is -1.36. The highest BCUT2D eigenvalue weighted by Crippen LogP contribution is 2.24. The summed E-state index contributed by atoms with van der Waals surface area (Å²) in [5, 5.41) is 1.98. The van der Waals surface area contributed by atoms with Crippen molar-refractivity contribution in [3.63, 3.8) is 0 Å². The maximum atomic E-state index is 11.4. The van der Waals surface area contributed by atoms with Crippen LogP contribution >= 0.6 is 11.8 Å². The predicted octanol–water partition coefficient (Wildman–Crippen LogP) is 4.90. The maximum Gasteiger partial charge on any atom is 0.290 e. The molecule has 0 atom stereocenters. The molecule has 1 saturated heterocycles. The first kappa shape index (κ1) is 19.7. The summed E-state index contributed by atoms with van der Waals surface area (Å²) in [4.78, 5) is 34.2. The lowest BCUT2D eigenvalue weighted by Gasteiger charge is -2.02. The fourth-order valence-electron chi connectivity index (χ4n) is 2.40.